The summed E-state index contributed by atoms with van der Waals surface area (Å²) in [5.41, 5.74) is 1.44. The van der Waals surface area contributed by atoms with Crippen molar-refractivity contribution < 1.29 is 14.3 Å². The minimum atomic E-state index is -0.504. The lowest BCUT2D eigenvalue weighted by molar-refractivity contribution is 0.0240. The quantitative estimate of drug-likeness (QED) is 0.531. The van der Waals surface area contributed by atoms with Gasteiger partial charge in [0, 0.05) is 32.7 Å². The van der Waals surface area contributed by atoms with Crippen molar-refractivity contribution in [3.8, 4) is 10.6 Å². The number of hydrogen-bond donors (Lipinski definition) is 1. The first-order valence-electron chi connectivity index (χ1n) is 11.9. The van der Waals surface area contributed by atoms with Crippen molar-refractivity contribution in [3.63, 3.8) is 0 Å². The zero-order valence-corrected chi connectivity index (χ0v) is 21.5. The van der Waals surface area contributed by atoms with Gasteiger partial charge >= 0.3 is 6.09 Å². The fraction of sp³-hybridized carbons (Fsp3) is 0.440. The number of thiophene rings is 1. The highest BCUT2D eigenvalue weighted by Gasteiger charge is 2.26. The number of pyridine rings is 1. The molecule has 1 aliphatic heterocycles. The molecule has 0 saturated carbocycles. The van der Waals surface area contributed by atoms with Crippen LogP contribution in [0.15, 0.2) is 41.9 Å². The maximum absolute atomic E-state index is 13.0. The summed E-state index contributed by atoms with van der Waals surface area (Å²) in [5.74, 6) is 0.595. The number of carbonyl (C=O) groups is 2. The fourth-order valence-electron chi connectivity index (χ4n) is 3.81. The molecule has 0 radical (unpaired) electrons. The lowest BCUT2D eigenvalue weighted by atomic mass is 10.2. The Bertz CT molecular complexity index is 1140. The zero-order valence-electron chi connectivity index (χ0n) is 20.7. The number of piperazine rings is 1. The maximum Gasteiger partial charge on any atom is 0.410 e. The molecule has 4 heterocycles. The van der Waals surface area contributed by atoms with Crippen molar-refractivity contribution in [2.24, 2.45) is 0 Å². The summed E-state index contributed by atoms with van der Waals surface area (Å²) in [5, 5.41) is 9.57. The highest BCUT2D eigenvalue weighted by molar-refractivity contribution is 7.13. The second-order valence-electron chi connectivity index (χ2n) is 9.43. The monoisotopic (exact) mass is 496 g/mol. The van der Waals surface area contributed by atoms with Gasteiger partial charge in [-0.2, -0.15) is 5.10 Å². The van der Waals surface area contributed by atoms with E-state index in [1.165, 1.54) is 0 Å². The summed E-state index contributed by atoms with van der Waals surface area (Å²) in [6, 6.07) is 9.55. The largest absolute Gasteiger partial charge is 0.444 e. The van der Waals surface area contributed by atoms with E-state index in [1.54, 1.807) is 27.1 Å². The molecule has 9 nitrogen and oxygen atoms in total. The first kappa shape index (κ1) is 24.7. The summed E-state index contributed by atoms with van der Waals surface area (Å²) < 4.78 is 7.22. The van der Waals surface area contributed by atoms with Crippen LogP contribution < -0.4 is 10.2 Å². The van der Waals surface area contributed by atoms with E-state index in [1.807, 2.05) is 56.5 Å². The summed E-state index contributed by atoms with van der Waals surface area (Å²) >= 11 is 1.60. The van der Waals surface area contributed by atoms with Gasteiger partial charge in [-0.15, -0.1) is 11.3 Å². The van der Waals surface area contributed by atoms with E-state index < -0.39 is 5.60 Å². The fourth-order valence-corrected chi connectivity index (χ4v) is 4.49. The molecule has 0 aromatic carbocycles. The number of carbonyl (C=O) groups excluding carboxylic acids is 2. The molecular weight excluding hydrogens is 464 g/mol. The van der Waals surface area contributed by atoms with Gasteiger partial charge < -0.3 is 19.9 Å². The van der Waals surface area contributed by atoms with Crippen LogP contribution >= 0.6 is 11.3 Å². The van der Waals surface area contributed by atoms with Crippen LogP contribution in [0.25, 0.3) is 10.6 Å². The minimum Gasteiger partial charge on any atom is -0.444 e. The number of nitrogens with zero attached hydrogens (tertiary/aromatic N) is 5. The van der Waals surface area contributed by atoms with Crippen LogP contribution in [0.2, 0.25) is 0 Å². The van der Waals surface area contributed by atoms with Gasteiger partial charge in [0.2, 0.25) is 0 Å². The highest BCUT2D eigenvalue weighted by atomic mass is 32.1. The molecule has 0 aliphatic carbocycles. The Morgan fingerprint density at radius 2 is 1.91 bits per heavy atom. The molecule has 0 unspecified atom stereocenters. The number of rotatable bonds is 6. The lowest BCUT2D eigenvalue weighted by Gasteiger charge is -2.36. The molecule has 1 saturated heterocycles. The molecule has 1 fully saturated rings. The Hall–Kier alpha value is -3.40. The van der Waals surface area contributed by atoms with Crippen LogP contribution in [0.1, 0.15) is 44.6 Å². The van der Waals surface area contributed by atoms with Crippen LogP contribution in [0.5, 0.6) is 0 Å². The molecule has 3 aromatic rings. The van der Waals surface area contributed by atoms with E-state index in [9.17, 15) is 9.59 Å². The standard InChI is InChI=1S/C25H32N6O3S/c1-5-10-31-20(16-19(28-31)21-7-6-15-35-21)23(32)27-18-8-9-22(26-17-18)29-11-13-30(14-12-29)24(33)34-25(2,3)4/h6-9,15-17H,5,10-14H2,1-4H3,(H,27,32). The van der Waals surface area contributed by atoms with Gasteiger partial charge in [0.15, 0.2) is 0 Å². The van der Waals surface area contributed by atoms with Crippen molar-refractivity contribution >= 4 is 34.8 Å². The average molecular weight is 497 g/mol. The van der Waals surface area contributed by atoms with Gasteiger partial charge in [-0.1, -0.05) is 13.0 Å². The van der Waals surface area contributed by atoms with Crippen LogP contribution in [0.4, 0.5) is 16.3 Å². The topological polar surface area (TPSA) is 92.6 Å². The molecule has 0 spiro atoms. The molecule has 0 bridgehead atoms. The third-order valence-electron chi connectivity index (χ3n) is 5.48. The first-order chi connectivity index (χ1) is 16.7. The molecule has 2 amide bonds. The van der Waals surface area contributed by atoms with E-state index in [-0.39, 0.29) is 12.0 Å². The van der Waals surface area contributed by atoms with E-state index in [0.29, 0.717) is 44.1 Å². The third-order valence-corrected chi connectivity index (χ3v) is 6.38. The number of anilines is 2. The highest BCUT2D eigenvalue weighted by Crippen LogP contribution is 2.25. The van der Waals surface area contributed by atoms with Crippen LogP contribution in [-0.2, 0) is 11.3 Å². The van der Waals surface area contributed by atoms with Crippen molar-refractivity contribution in [1.29, 1.82) is 0 Å². The SMILES string of the molecule is CCCn1nc(-c2cccs2)cc1C(=O)Nc1ccc(N2CCN(C(=O)OC(C)(C)C)CC2)nc1. The number of hydrogen-bond acceptors (Lipinski definition) is 7. The molecule has 10 heteroatoms. The Kier molecular flexibility index (Phi) is 7.39. The van der Waals surface area contributed by atoms with Gasteiger partial charge in [-0.05, 0) is 56.8 Å². The maximum atomic E-state index is 13.0. The predicted octanol–water partition coefficient (Wildman–Crippen LogP) is 4.73. The summed E-state index contributed by atoms with van der Waals surface area (Å²) in [4.78, 5) is 34.7. The molecule has 186 valence electrons. The predicted molar refractivity (Wildman–Crippen MR) is 138 cm³/mol. The molecule has 1 aliphatic rings. The summed E-state index contributed by atoms with van der Waals surface area (Å²) in [6.07, 6.45) is 2.25. The summed E-state index contributed by atoms with van der Waals surface area (Å²) in [7, 11) is 0. The second-order valence-corrected chi connectivity index (χ2v) is 10.4. The summed E-state index contributed by atoms with van der Waals surface area (Å²) in [6.45, 7) is 10.8. The minimum absolute atomic E-state index is 0.214. The smallest absolute Gasteiger partial charge is 0.410 e. The van der Waals surface area contributed by atoms with Gasteiger partial charge in [0.05, 0.1) is 16.8 Å². The van der Waals surface area contributed by atoms with E-state index in [2.05, 4.69) is 27.2 Å². The Morgan fingerprint density at radius 3 is 2.51 bits per heavy atom. The Morgan fingerprint density at radius 1 is 1.14 bits per heavy atom. The molecule has 3 aromatic heterocycles. The van der Waals surface area contributed by atoms with Crippen LogP contribution in [0.3, 0.4) is 0 Å². The van der Waals surface area contributed by atoms with E-state index in [4.69, 9.17) is 4.74 Å². The third kappa shape index (κ3) is 6.19. The molecule has 0 atom stereocenters. The Labute approximate surface area is 209 Å². The zero-order chi connectivity index (χ0) is 25.0. The number of aromatic nitrogens is 3. The lowest BCUT2D eigenvalue weighted by Crippen LogP contribution is -2.50. The first-order valence-corrected chi connectivity index (χ1v) is 12.7. The Balaban J connectivity index is 1.37. The number of aryl methyl sites for hydroxylation is 1. The number of amides is 2. The van der Waals surface area contributed by atoms with E-state index in [0.717, 1.165) is 22.8 Å². The van der Waals surface area contributed by atoms with Crippen molar-refractivity contribution in [2.75, 3.05) is 36.4 Å². The normalized spacial score (nSPS) is 14.2. The molecule has 35 heavy (non-hydrogen) atoms. The van der Waals surface area contributed by atoms with Gasteiger partial charge in [-0.25, -0.2) is 9.78 Å². The van der Waals surface area contributed by atoms with Crippen LogP contribution in [-0.4, -0.2) is 63.4 Å². The van der Waals surface area contributed by atoms with Crippen LogP contribution in [0, 0.1) is 0 Å². The molecule has 1 N–H and O–H groups in total. The van der Waals surface area contributed by atoms with Crippen molar-refractivity contribution in [1.82, 2.24) is 19.7 Å². The number of nitrogens with one attached hydrogen (secondary N) is 1. The second kappa shape index (κ2) is 10.5. The van der Waals surface area contributed by atoms with E-state index >= 15 is 0 Å². The molecule has 4 rings (SSSR count). The van der Waals surface area contributed by atoms with Crippen molar-refractivity contribution in [3.05, 3.63) is 47.6 Å². The number of ether oxygens (including phenoxy) is 1. The van der Waals surface area contributed by atoms with Crippen molar-refractivity contribution in [2.45, 2.75) is 46.3 Å². The van der Waals surface area contributed by atoms with Gasteiger partial charge in [0.1, 0.15) is 22.8 Å². The van der Waals surface area contributed by atoms with Gasteiger partial charge in [-0.3, -0.25) is 9.48 Å². The molecular formula is C25H32N6O3S. The van der Waals surface area contributed by atoms with Gasteiger partial charge in [0.25, 0.3) is 5.91 Å². The average Bonchev–Trinajstić information content (AvgIpc) is 3.49.